The van der Waals surface area contributed by atoms with Gasteiger partial charge in [0.05, 0.1) is 12.2 Å². The number of hydrogen-bond donors (Lipinski definition) is 1. The first kappa shape index (κ1) is 13.6. The smallest absolute Gasteiger partial charge is 0.229 e. The van der Waals surface area contributed by atoms with E-state index in [0.717, 1.165) is 17.0 Å². The zero-order valence-electron chi connectivity index (χ0n) is 11.7. The zero-order valence-corrected chi connectivity index (χ0v) is 11.7. The summed E-state index contributed by atoms with van der Waals surface area (Å²) in [7, 11) is 0. The number of para-hydroxylation sites is 2. The standard InChI is InChI=1S/C17H18N2O2/c18-14(13-6-2-1-3-7-13)12-17(20)19-10-11-21-16-9-5-4-8-15(16)19/h1-9,14H,10-12,18H2. The van der Waals surface area contributed by atoms with Crippen LogP contribution in [0.1, 0.15) is 18.0 Å². The second kappa shape index (κ2) is 5.97. The minimum absolute atomic E-state index is 0.0297. The van der Waals surface area contributed by atoms with Crippen molar-refractivity contribution in [3.05, 3.63) is 60.2 Å². The van der Waals surface area contributed by atoms with Crippen molar-refractivity contribution >= 4 is 11.6 Å². The first-order chi connectivity index (χ1) is 10.3. The second-order valence-electron chi connectivity index (χ2n) is 5.08. The molecule has 1 atom stereocenters. The van der Waals surface area contributed by atoms with Gasteiger partial charge in [0.25, 0.3) is 0 Å². The Morgan fingerprint density at radius 2 is 1.86 bits per heavy atom. The summed E-state index contributed by atoms with van der Waals surface area (Å²) in [5.41, 5.74) is 7.95. The Kier molecular flexibility index (Phi) is 3.88. The van der Waals surface area contributed by atoms with Crippen LogP contribution < -0.4 is 15.4 Å². The number of ether oxygens (including phenoxy) is 1. The monoisotopic (exact) mass is 282 g/mol. The maximum absolute atomic E-state index is 12.5. The third-order valence-electron chi connectivity index (χ3n) is 3.65. The molecule has 1 heterocycles. The second-order valence-corrected chi connectivity index (χ2v) is 5.08. The molecule has 4 heteroatoms. The molecule has 0 fully saturated rings. The lowest BCUT2D eigenvalue weighted by molar-refractivity contribution is -0.119. The molecule has 108 valence electrons. The highest BCUT2D eigenvalue weighted by atomic mass is 16.5. The lowest BCUT2D eigenvalue weighted by Crippen LogP contribution is -2.39. The van der Waals surface area contributed by atoms with Crippen LogP contribution in [0.3, 0.4) is 0 Å². The molecule has 1 aliphatic rings. The molecule has 2 aromatic carbocycles. The van der Waals surface area contributed by atoms with E-state index in [0.29, 0.717) is 19.6 Å². The van der Waals surface area contributed by atoms with E-state index in [-0.39, 0.29) is 11.9 Å². The molecule has 0 spiro atoms. The molecule has 2 aromatic rings. The Balaban J connectivity index is 1.75. The van der Waals surface area contributed by atoms with Gasteiger partial charge in [0.1, 0.15) is 12.4 Å². The van der Waals surface area contributed by atoms with Crippen LogP contribution in [0.15, 0.2) is 54.6 Å². The Bertz CT molecular complexity index is 628. The molecular weight excluding hydrogens is 264 g/mol. The Morgan fingerprint density at radius 1 is 1.14 bits per heavy atom. The van der Waals surface area contributed by atoms with Crippen molar-refractivity contribution in [3.8, 4) is 5.75 Å². The number of benzene rings is 2. The summed E-state index contributed by atoms with van der Waals surface area (Å²) in [4.78, 5) is 14.3. The van der Waals surface area contributed by atoms with Gasteiger partial charge in [-0.1, -0.05) is 42.5 Å². The van der Waals surface area contributed by atoms with Crippen LogP contribution in [-0.2, 0) is 4.79 Å². The van der Waals surface area contributed by atoms with E-state index in [9.17, 15) is 4.79 Å². The predicted molar refractivity (Wildman–Crippen MR) is 82.3 cm³/mol. The van der Waals surface area contributed by atoms with Crippen molar-refractivity contribution in [2.24, 2.45) is 5.73 Å². The van der Waals surface area contributed by atoms with Crippen molar-refractivity contribution in [1.29, 1.82) is 0 Å². The fourth-order valence-corrected chi connectivity index (χ4v) is 2.54. The molecule has 1 aliphatic heterocycles. The van der Waals surface area contributed by atoms with Crippen molar-refractivity contribution in [2.75, 3.05) is 18.1 Å². The van der Waals surface area contributed by atoms with Crippen LogP contribution in [-0.4, -0.2) is 19.1 Å². The summed E-state index contributed by atoms with van der Waals surface area (Å²) in [5.74, 6) is 0.785. The number of anilines is 1. The highest BCUT2D eigenvalue weighted by Crippen LogP contribution is 2.32. The Morgan fingerprint density at radius 3 is 2.67 bits per heavy atom. The molecular formula is C17H18N2O2. The fourth-order valence-electron chi connectivity index (χ4n) is 2.54. The van der Waals surface area contributed by atoms with Gasteiger partial charge in [0.2, 0.25) is 5.91 Å². The number of rotatable bonds is 3. The third-order valence-corrected chi connectivity index (χ3v) is 3.65. The minimum atomic E-state index is -0.284. The van der Waals surface area contributed by atoms with Gasteiger partial charge in [-0.2, -0.15) is 0 Å². The number of fused-ring (bicyclic) bond motifs is 1. The van der Waals surface area contributed by atoms with Crippen LogP contribution >= 0.6 is 0 Å². The summed E-state index contributed by atoms with van der Waals surface area (Å²) in [5, 5.41) is 0. The third kappa shape index (κ3) is 2.90. The maximum Gasteiger partial charge on any atom is 0.229 e. The molecule has 0 saturated heterocycles. The van der Waals surface area contributed by atoms with Crippen LogP contribution in [0.2, 0.25) is 0 Å². The lowest BCUT2D eigenvalue weighted by atomic mass is 10.0. The van der Waals surface area contributed by atoms with E-state index in [4.69, 9.17) is 10.5 Å². The number of carbonyl (C=O) groups is 1. The summed E-state index contributed by atoms with van der Waals surface area (Å²) < 4.78 is 5.57. The molecule has 0 radical (unpaired) electrons. The summed E-state index contributed by atoms with van der Waals surface area (Å²) in [6.07, 6.45) is 0.290. The molecule has 0 aliphatic carbocycles. The first-order valence-corrected chi connectivity index (χ1v) is 7.08. The van der Waals surface area contributed by atoms with E-state index in [1.807, 2.05) is 54.6 Å². The molecule has 0 saturated carbocycles. The lowest BCUT2D eigenvalue weighted by Gasteiger charge is -2.30. The fraction of sp³-hybridized carbons (Fsp3) is 0.235. The Labute approximate surface area is 124 Å². The van der Waals surface area contributed by atoms with Gasteiger partial charge >= 0.3 is 0 Å². The van der Waals surface area contributed by atoms with Crippen LogP contribution in [0.5, 0.6) is 5.75 Å². The quantitative estimate of drug-likeness (QED) is 0.941. The topological polar surface area (TPSA) is 55.6 Å². The molecule has 0 bridgehead atoms. The van der Waals surface area contributed by atoms with Gasteiger partial charge in [0.15, 0.2) is 0 Å². The summed E-state index contributed by atoms with van der Waals surface area (Å²) in [6.45, 7) is 1.08. The van der Waals surface area contributed by atoms with Crippen molar-refractivity contribution in [2.45, 2.75) is 12.5 Å². The highest BCUT2D eigenvalue weighted by molar-refractivity contribution is 5.95. The number of nitrogens with zero attached hydrogens (tertiary/aromatic N) is 1. The van der Waals surface area contributed by atoms with Gasteiger partial charge in [-0.25, -0.2) is 0 Å². The zero-order chi connectivity index (χ0) is 14.7. The predicted octanol–water partition coefficient (Wildman–Crippen LogP) is 2.50. The van der Waals surface area contributed by atoms with Gasteiger partial charge < -0.3 is 15.4 Å². The molecule has 1 unspecified atom stereocenters. The molecule has 3 rings (SSSR count). The average molecular weight is 282 g/mol. The van der Waals surface area contributed by atoms with Crippen molar-refractivity contribution in [3.63, 3.8) is 0 Å². The van der Waals surface area contributed by atoms with Crippen LogP contribution in [0.4, 0.5) is 5.69 Å². The van der Waals surface area contributed by atoms with Crippen molar-refractivity contribution in [1.82, 2.24) is 0 Å². The number of carbonyl (C=O) groups excluding carboxylic acids is 1. The molecule has 4 nitrogen and oxygen atoms in total. The minimum Gasteiger partial charge on any atom is -0.490 e. The summed E-state index contributed by atoms with van der Waals surface area (Å²) >= 11 is 0. The normalized spacial score (nSPS) is 15.0. The average Bonchev–Trinajstić information content (AvgIpc) is 2.55. The van der Waals surface area contributed by atoms with E-state index in [1.165, 1.54) is 0 Å². The van der Waals surface area contributed by atoms with Gasteiger partial charge in [0, 0.05) is 12.5 Å². The van der Waals surface area contributed by atoms with Gasteiger partial charge in [-0.3, -0.25) is 4.79 Å². The largest absolute Gasteiger partial charge is 0.490 e. The van der Waals surface area contributed by atoms with Crippen molar-refractivity contribution < 1.29 is 9.53 Å². The highest BCUT2D eigenvalue weighted by Gasteiger charge is 2.24. The van der Waals surface area contributed by atoms with E-state index in [2.05, 4.69) is 0 Å². The van der Waals surface area contributed by atoms with E-state index in [1.54, 1.807) is 4.90 Å². The molecule has 2 N–H and O–H groups in total. The molecule has 21 heavy (non-hydrogen) atoms. The number of nitrogens with two attached hydrogens (primary N) is 1. The van der Waals surface area contributed by atoms with Crippen LogP contribution in [0.25, 0.3) is 0 Å². The number of hydrogen-bond acceptors (Lipinski definition) is 3. The van der Waals surface area contributed by atoms with Gasteiger partial charge in [-0.15, -0.1) is 0 Å². The van der Waals surface area contributed by atoms with E-state index >= 15 is 0 Å². The maximum atomic E-state index is 12.5. The Hall–Kier alpha value is -2.33. The van der Waals surface area contributed by atoms with E-state index < -0.39 is 0 Å². The SMILES string of the molecule is NC(CC(=O)N1CCOc2ccccc21)c1ccccc1. The molecule has 0 aromatic heterocycles. The summed E-state index contributed by atoms with van der Waals surface area (Å²) in [6, 6.07) is 17.0. The first-order valence-electron chi connectivity index (χ1n) is 7.08. The molecule has 1 amide bonds. The van der Waals surface area contributed by atoms with Crippen LogP contribution in [0, 0.1) is 0 Å². The number of amides is 1. The van der Waals surface area contributed by atoms with Gasteiger partial charge in [-0.05, 0) is 17.7 Å².